The summed E-state index contributed by atoms with van der Waals surface area (Å²) in [7, 11) is 0. The van der Waals surface area contributed by atoms with Crippen LogP contribution in [-0.4, -0.2) is 53.7 Å². The number of ether oxygens (including phenoxy) is 1. The highest BCUT2D eigenvalue weighted by atomic mass is 16.5. The third-order valence-corrected chi connectivity index (χ3v) is 2.76. The molecule has 1 aliphatic rings. The summed E-state index contributed by atoms with van der Waals surface area (Å²) in [6, 6.07) is 0.313. The molecule has 104 valence electrons. The Morgan fingerprint density at radius 3 is 3.11 bits per heavy atom. The lowest BCUT2D eigenvalue weighted by Gasteiger charge is -2.26. The van der Waals surface area contributed by atoms with Crippen molar-refractivity contribution in [2.24, 2.45) is 0 Å². The quantitative estimate of drug-likeness (QED) is 0.524. The summed E-state index contributed by atoms with van der Waals surface area (Å²) in [6.45, 7) is 8.79. The molecule has 0 atom stereocenters. The first-order valence-electron chi connectivity index (χ1n) is 6.29. The Hall–Kier alpha value is -1.73. The first-order chi connectivity index (χ1) is 9.16. The van der Waals surface area contributed by atoms with Crippen molar-refractivity contribution in [2.75, 3.05) is 32.8 Å². The van der Waals surface area contributed by atoms with Crippen LogP contribution in [0.1, 0.15) is 23.5 Å². The number of hydrogen-bond donors (Lipinski definition) is 2. The molecule has 19 heavy (non-hydrogen) atoms. The molecule has 0 bridgehead atoms. The van der Waals surface area contributed by atoms with E-state index in [4.69, 9.17) is 4.74 Å². The molecule has 2 heterocycles. The number of amides is 1. The van der Waals surface area contributed by atoms with Crippen molar-refractivity contribution in [1.82, 2.24) is 25.6 Å². The molecule has 1 aliphatic heterocycles. The maximum absolute atomic E-state index is 11.8. The minimum atomic E-state index is -0.225. The van der Waals surface area contributed by atoms with Gasteiger partial charge < -0.3 is 15.4 Å². The van der Waals surface area contributed by atoms with E-state index in [1.165, 1.54) is 0 Å². The summed E-state index contributed by atoms with van der Waals surface area (Å²) in [5.74, 6) is -0.225. The molecule has 1 fully saturated rings. The van der Waals surface area contributed by atoms with Crippen molar-refractivity contribution in [1.29, 1.82) is 0 Å². The van der Waals surface area contributed by atoms with Crippen molar-refractivity contribution < 1.29 is 9.53 Å². The summed E-state index contributed by atoms with van der Waals surface area (Å²) in [5.41, 5.74) is 1.30. The molecule has 7 heteroatoms. The van der Waals surface area contributed by atoms with E-state index in [-0.39, 0.29) is 5.91 Å². The SMILES string of the molecule is C=C(C)COCCNC(=O)c1cn(C2CNC2)nn1. The minimum absolute atomic E-state index is 0.225. The second-order valence-corrected chi connectivity index (χ2v) is 4.66. The van der Waals surface area contributed by atoms with Gasteiger partial charge >= 0.3 is 0 Å². The molecule has 0 spiro atoms. The van der Waals surface area contributed by atoms with Crippen LogP contribution in [0.4, 0.5) is 0 Å². The third-order valence-electron chi connectivity index (χ3n) is 2.76. The summed E-state index contributed by atoms with van der Waals surface area (Å²) in [4.78, 5) is 11.8. The van der Waals surface area contributed by atoms with Gasteiger partial charge in [0.25, 0.3) is 5.91 Å². The second kappa shape index (κ2) is 6.44. The number of carbonyl (C=O) groups is 1. The Kier molecular flexibility index (Phi) is 4.64. The number of nitrogens with one attached hydrogen (secondary N) is 2. The van der Waals surface area contributed by atoms with Crippen LogP contribution in [0.3, 0.4) is 0 Å². The van der Waals surface area contributed by atoms with E-state index in [0.717, 1.165) is 18.7 Å². The zero-order valence-electron chi connectivity index (χ0n) is 11.1. The summed E-state index contributed by atoms with van der Waals surface area (Å²) in [6.07, 6.45) is 1.68. The Labute approximate surface area is 112 Å². The summed E-state index contributed by atoms with van der Waals surface area (Å²) in [5, 5.41) is 13.7. The standard InChI is InChI=1S/C12H19N5O2/c1-9(2)8-19-4-3-14-12(18)11-7-17(16-15-11)10-5-13-6-10/h7,10,13H,1,3-6,8H2,2H3,(H,14,18). The van der Waals surface area contributed by atoms with E-state index in [2.05, 4.69) is 27.5 Å². The van der Waals surface area contributed by atoms with Gasteiger partial charge in [-0.3, -0.25) is 4.79 Å². The van der Waals surface area contributed by atoms with Gasteiger partial charge in [-0.15, -0.1) is 5.10 Å². The highest BCUT2D eigenvalue weighted by Crippen LogP contribution is 2.09. The first-order valence-corrected chi connectivity index (χ1v) is 6.29. The van der Waals surface area contributed by atoms with Gasteiger partial charge in [0.15, 0.2) is 5.69 Å². The van der Waals surface area contributed by atoms with E-state index < -0.39 is 0 Å². The van der Waals surface area contributed by atoms with Gasteiger partial charge in [0.05, 0.1) is 25.5 Å². The molecule has 0 aliphatic carbocycles. The molecule has 0 aromatic carbocycles. The number of rotatable bonds is 7. The van der Waals surface area contributed by atoms with Gasteiger partial charge in [0, 0.05) is 19.6 Å². The zero-order valence-corrected chi connectivity index (χ0v) is 11.1. The highest BCUT2D eigenvalue weighted by Gasteiger charge is 2.21. The third kappa shape index (κ3) is 3.87. The fourth-order valence-corrected chi connectivity index (χ4v) is 1.59. The average Bonchev–Trinajstić information content (AvgIpc) is 2.75. The van der Waals surface area contributed by atoms with Crippen LogP contribution < -0.4 is 10.6 Å². The second-order valence-electron chi connectivity index (χ2n) is 4.66. The van der Waals surface area contributed by atoms with Crippen LogP contribution in [0.25, 0.3) is 0 Å². The molecule has 1 aromatic heterocycles. The largest absolute Gasteiger partial charge is 0.375 e. The molecule has 2 rings (SSSR count). The minimum Gasteiger partial charge on any atom is -0.375 e. The lowest BCUT2D eigenvalue weighted by atomic mass is 10.2. The van der Waals surface area contributed by atoms with Crippen LogP contribution in [0.15, 0.2) is 18.3 Å². The van der Waals surface area contributed by atoms with Gasteiger partial charge in [-0.2, -0.15) is 0 Å². The van der Waals surface area contributed by atoms with Gasteiger partial charge in [-0.25, -0.2) is 4.68 Å². The molecule has 1 aromatic rings. The molecule has 7 nitrogen and oxygen atoms in total. The molecule has 0 saturated carbocycles. The normalized spacial score (nSPS) is 15.0. The van der Waals surface area contributed by atoms with Crippen molar-refractivity contribution in [3.05, 3.63) is 24.0 Å². The molecule has 0 unspecified atom stereocenters. The average molecular weight is 265 g/mol. The predicted molar refractivity (Wildman–Crippen MR) is 69.9 cm³/mol. The number of carbonyl (C=O) groups excluding carboxylic acids is 1. The van der Waals surface area contributed by atoms with Crippen molar-refractivity contribution >= 4 is 5.91 Å². The van der Waals surface area contributed by atoms with Crippen molar-refractivity contribution in [3.63, 3.8) is 0 Å². The Balaban J connectivity index is 1.70. The summed E-state index contributed by atoms with van der Waals surface area (Å²) >= 11 is 0. The van der Waals surface area contributed by atoms with E-state index >= 15 is 0 Å². The molecule has 2 N–H and O–H groups in total. The Morgan fingerprint density at radius 2 is 2.47 bits per heavy atom. The molecular formula is C12H19N5O2. The van der Waals surface area contributed by atoms with Gasteiger partial charge in [0.2, 0.25) is 0 Å². The van der Waals surface area contributed by atoms with Crippen LogP contribution in [0.5, 0.6) is 0 Å². The lowest BCUT2D eigenvalue weighted by Crippen LogP contribution is -2.43. The molecular weight excluding hydrogens is 246 g/mol. The predicted octanol–water partition coefficient (Wildman–Crippen LogP) is -0.255. The summed E-state index contributed by atoms with van der Waals surface area (Å²) < 4.78 is 7.01. The molecule has 1 amide bonds. The number of hydrogen-bond acceptors (Lipinski definition) is 5. The highest BCUT2D eigenvalue weighted by molar-refractivity contribution is 5.91. The van der Waals surface area contributed by atoms with E-state index in [1.54, 1.807) is 10.9 Å². The number of nitrogens with zero attached hydrogens (tertiary/aromatic N) is 3. The van der Waals surface area contributed by atoms with Crippen LogP contribution in [0, 0.1) is 0 Å². The first kappa shape index (κ1) is 13.7. The van der Waals surface area contributed by atoms with Gasteiger partial charge in [0.1, 0.15) is 0 Å². The van der Waals surface area contributed by atoms with Crippen LogP contribution in [0.2, 0.25) is 0 Å². The van der Waals surface area contributed by atoms with Crippen molar-refractivity contribution in [2.45, 2.75) is 13.0 Å². The number of aromatic nitrogens is 3. The van der Waals surface area contributed by atoms with E-state index in [9.17, 15) is 4.79 Å². The molecule has 0 radical (unpaired) electrons. The monoisotopic (exact) mass is 265 g/mol. The Bertz CT molecular complexity index is 453. The fraction of sp³-hybridized carbons (Fsp3) is 0.583. The van der Waals surface area contributed by atoms with Gasteiger partial charge in [-0.05, 0) is 6.92 Å². The van der Waals surface area contributed by atoms with E-state index in [1.807, 2.05) is 6.92 Å². The van der Waals surface area contributed by atoms with Gasteiger partial charge in [-0.1, -0.05) is 17.4 Å². The maximum Gasteiger partial charge on any atom is 0.273 e. The fourth-order valence-electron chi connectivity index (χ4n) is 1.59. The Morgan fingerprint density at radius 1 is 1.68 bits per heavy atom. The smallest absolute Gasteiger partial charge is 0.273 e. The zero-order chi connectivity index (χ0) is 13.7. The molecule has 1 saturated heterocycles. The van der Waals surface area contributed by atoms with E-state index in [0.29, 0.717) is 31.5 Å². The van der Waals surface area contributed by atoms with Crippen molar-refractivity contribution in [3.8, 4) is 0 Å². The van der Waals surface area contributed by atoms with Crippen LogP contribution in [-0.2, 0) is 4.74 Å². The maximum atomic E-state index is 11.8. The lowest BCUT2D eigenvalue weighted by molar-refractivity contribution is 0.0922. The van der Waals surface area contributed by atoms with Crippen LogP contribution >= 0.6 is 0 Å². The topological polar surface area (TPSA) is 81.1 Å².